The molecule has 4 aromatic carbocycles. The van der Waals surface area contributed by atoms with Gasteiger partial charge in [-0.3, -0.25) is 4.79 Å². The Labute approximate surface area is 261 Å². The van der Waals surface area contributed by atoms with Crippen molar-refractivity contribution in [1.29, 1.82) is 0 Å². The lowest BCUT2D eigenvalue weighted by Gasteiger charge is -2.26. The van der Waals surface area contributed by atoms with Gasteiger partial charge in [0.1, 0.15) is 17.3 Å². The third-order valence-electron chi connectivity index (χ3n) is 6.72. The Balaban J connectivity index is 1.92. The number of esters is 1. The normalized spacial score (nSPS) is 11.8. The van der Waals surface area contributed by atoms with E-state index in [2.05, 4.69) is 31.9 Å². The van der Waals surface area contributed by atoms with Crippen LogP contribution in [0.15, 0.2) is 75.7 Å². The molecule has 1 unspecified atom stereocenters. The van der Waals surface area contributed by atoms with Crippen molar-refractivity contribution >= 4 is 37.8 Å². The highest BCUT2D eigenvalue weighted by molar-refractivity contribution is 9.11. The van der Waals surface area contributed by atoms with E-state index in [4.69, 9.17) is 18.9 Å². The fourth-order valence-corrected chi connectivity index (χ4v) is 5.99. The van der Waals surface area contributed by atoms with Crippen molar-refractivity contribution in [1.82, 2.24) is 0 Å². The maximum absolute atomic E-state index is 14.9. The summed E-state index contributed by atoms with van der Waals surface area (Å²) >= 11 is 7.17. The van der Waals surface area contributed by atoms with Crippen molar-refractivity contribution in [3.05, 3.63) is 115 Å². The second-order valence-electron chi connectivity index (χ2n) is 9.96. The third-order valence-corrected chi connectivity index (χ3v) is 7.90. The summed E-state index contributed by atoms with van der Waals surface area (Å²) < 4.78 is 53.3. The van der Waals surface area contributed by atoms with E-state index in [0.29, 0.717) is 31.8 Å². The summed E-state index contributed by atoms with van der Waals surface area (Å²) in [4.78, 5) is 11.9. The van der Waals surface area contributed by atoms with Crippen molar-refractivity contribution in [3.63, 3.8) is 0 Å². The summed E-state index contributed by atoms with van der Waals surface area (Å²) in [5, 5.41) is 0. The van der Waals surface area contributed by atoms with Gasteiger partial charge in [-0.05, 0) is 97.8 Å². The van der Waals surface area contributed by atoms with E-state index < -0.39 is 17.7 Å². The van der Waals surface area contributed by atoms with Crippen molar-refractivity contribution in [2.24, 2.45) is 0 Å². The smallest absolute Gasteiger partial charge is 0.309 e. The molecule has 0 saturated carbocycles. The van der Waals surface area contributed by atoms with E-state index in [-0.39, 0.29) is 24.1 Å². The summed E-state index contributed by atoms with van der Waals surface area (Å²) in [6, 6.07) is 18.1. The van der Waals surface area contributed by atoms with Gasteiger partial charge in [-0.1, -0.05) is 38.1 Å². The number of carbonyl (C=O) groups excluding carboxylic acids is 1. The van der Waals surface area contributed by atoms with Gasteiger partial charge in [-0.25, -0.2) is 8.78 Å². The van der Waals surface area contributed by atoms with Crippen molar-refractivity contribution < 1.29 is 32.5 Å². The maximum atomic E-state index is 14.9. The molecule has 0 saturated heterocycles. The molecule has 0 heterocycles. The molecule has 0 spiro atoms. The molecule has 0 amide bonds. The standard InChI is InChI=1S/C33H30Br2F2O5/c1-18(2)23-16-30(42-33-25(34)12-20(13-26(33)35)14-31(38)40-5)24(17-29(23)39-4)32(22-9-7-6-8-19(22)3)41-28-11-10-21(36)15-27(28)37/h6-13,15-18,32H,14H2,1-5H3. The number of carbonyl (C=O) groups is 1. The minimum absolute atomic E-state index is 0.0815. The average molecular weight is 704 g/mol. The second-order valence-corrected chi connectivity index (χ2v) is 11.7. The number of rotatable bonds is 10. The van der Waals surface area contributed by atoms with Crippen LogP contribution < -0.4 is 14.2 Å². The number of hydrogen-bond acceptors (Lipinski definition) is 5. The molecule has 0 N–H and O–H groups in total. The van der Waals surface area contributed by atoms with Crippen molar-refractivity contribution in [2.45, 2.75) is 39.2 Å². The van der Waals surface area contributed by atoms with Crippen molar-refractivity contribution in [2.75, 3.05) is 14.2 Å². The SMILES string of the molecule is COC(=O)Cc1cc(Br)c(Oc2cc(C(C)C)c(OC)cc2C(Oc2ccc(F)cc2F)c2ccccc2C)c(Br)c1. The van der Waals surface area contributed by atoms with Crippen LogP contribution >= 0.6 is 31.9 Å². The van der Waals surface area contributed by atoms with Gasteiger partial charge < -0.3 is 18.9 Å². The Kier molecular flexibility index (Phi) is 10.3. The fraction of sp³-hybridized carbons (Fsp3) is 0.242. The summed E-state index contributed by atoms with van der Waals surface area (Å²) in [6.45, 7) is 6.01. The molecule has 220 valence electrons. The first-order valence-electron chi connectivity index (χ1n) is 13.1. The van der Waals surface area contributed by atoms with Gasteiger partial charge in [0.05, 0.1) is 29.6 Å². The van der Waals surface area contributed by atoms with E-state index in [1.165, 1.54) is 13.2 Å². The zero-order valence-electron chi connectivity index (χ0n) is 23.8. The Morgan fingerprint density at radius 1 is 0.833 bits per heavy atom. The van der Waals surface area contributed by atoms with Crippen LogP contribution in [0.2, 0.25) is 0 Å². The molecule has 0 aromatic heterocycles. The van der Waals surface area contributed by atoms with Gasteiger partial charge in [0.15, 0.2) is 23.4 Å². The molecular formula is C33H30Br2F2O5. The van der Waals surface area contributed by atoms with E-state index >= 15 is 0 Å². The van der Waals surface area contributed by atoms with Gasteiger partial charge >= 0.3 is 5.97 Å². The van der Waals surface area contributed by atoms with Crippen LogP contribution in [0.25, 0.3) is 0 Å². The van der Waals surface area contributed by atoms with E-state index in [1.807, 2.05) is 57.2 Å². The Morgan fingerprint density at radius 3 is 2.10 bits per heavy atom. The van der Waals surface area contributed by atoms with Crippen LogP contribution in [0.5, 0.6) is 23.0 Å². The second kappa shape index (κ2) is 13.7. The molecule has 4 rings (SSSR count). The molecule has 0 aliphatic rings. The van der Waals surface area contributed by atoms with Gasteiger partial charge in [0.2, 0.25) is 0 Å². The molecule has 42 heavy (non-hydrogen) atoms. The zero-order valence-corrected chi connectivity index (χ0v) is 26.9. The average Bonchev–Trinajstić information content (AvgIpc) is 2.94. The predicted molar refractivity (Wildman–Crippen MR) is 165 cm³/mol. The minimum Gasteiger partial charge on any atom is -0.496 e. The molecule has 4 aromatic rings. The highest BCUT2D eigenvalue weighted by Crippen LogP contribution is 2.45. The molecule has 9 heteroatoms. The van der Waals surface area contributed by atoms with Crippen LogP contribution in [-0.2, 0) is 16.0 Å². The quantitative estimate of drug-likeness (QED) is 0.154. The first kappa shape index (κ1) is 31.5. The molecule has 0 radical (unpaired) electrons. The molecule has 0 aliphatic carbocycles. The van der Waals surface area contributed by atoms with Gasteiger partial charge in [-0.15, -0.1) is 0 Å². The van der Waals surface area contributed by atoms with E-state index in [0.717, 1.165) is 34.4 Å². The number of methoxy groups -OCH3 is 2. The molecular weight excluding hydrogens is 674 g/mol. The van der Waals surface area contributed by atoms with Gasteiger partial charge in [-0.2, -0.15) is 0 Å². The Bertz CT molecular complexity index is 1580. The summed E-state index contributed by atoms with van der Waals surface area (Å²) in [5.41, 5.74) is 3.84. The third kappa shape index (κ3) is 7.13. The van der Waals surface area contributed by atoms with Crippen LogP contribution in [0.4, 0.5) is 8.78 Å². The van der Waals surface area contributed by atoms with E-state index in [9.17, 15) is 13.6 Å². The molecule has 0 bridgehead atoms. The van der Waals surface area contributed by atoms with Crippen molar-refractivity contribution in [3.8, 4) is 23.0 Å². The number of halogens is 4. The number of ether oxygens (including phenoxy) is 4. The topological polar surface area (TPSA) is 54.0 Å². The summed E-state index contributed by atoms with van der Waals surface area (Å²) in [7, 11) is 2.92. The van der Waals surface area contributed by atoms with Crippen LogP contribution in [0.3, 0.4) is 0 Å². The first-order valence-corrected chi connectivity index (χ1v) is 14.7. The summed E-state index contributed by atoms with van der Waals surface area (Å²) in [6.07, 6.45) is -0.765. The summed E-state index contributed by atoms with van der Waals surface area (Å²) in [5.74, 6) is -0.416. The van der Waals surface area contributed by atoms with E-state index in [1.54, 1.807) is 19.2 Å². The predicted octanol–water partition coefficient (Wildman–Crippen LogP) is 9.61. The molecule has 0 aliphatic heterocycles. The molecule has 5 nitrogen and oxygen atoms in total. The first-order chi connectivity index (χ1) is 20.0. The zero-order chi connectivity index (χ0) is 30.6. The Morgan fingerprint density at radius 2 is 1.50 bits per heavy atom. The Hall–Kier alpha value is -3.43. The number of benzene rings is 4. The molecule has 1 atom stereocenters. The molecule has 0 fully saturated rings. The largest absolute Gasteiger partial charge is 0.496 e. The lowest BCUT2D eigenvalue weighted by atomic mass is 9.92. The number of hydrogen-bond donors (Lipinski definition) is 0. The van der Waals surface area contributed by atoms with Crippen LogP contribution in [0, 0.1) is 18.6 Å². The lowest BCUT2D eigenvalue weighted by Crippen LogP contribution is -2.14. The highest BCUT2D eigenvalue weighted by atomic mass is 79.9. The fourth-order valence-electron chi connectivity index (χ4n) is 4.55. The minimum atomic E-state index is -0.854. The number of aryl methyl sites for hydroxylation is 1. The van der Waals surface area contributed by atoms with Crippen LogP contribution in [-0.4, -0.2) is 20.2 Å². The highest BCUT2D eigenvalue weighted by Gasteiger charge is 2.27. The van der Waals surface area contributed by atoms with Gasteiger partial charge in [0, 0.05) is 17.2 Å². The van der Waals surface area contributed by atoms with Gasteiger partial charge in [0.25, 0.3) is 0 Å². The maximum Gasteiger partial charge on any atom is 0.309 e. The van der Waals surface area contributed by atoms with Crippen LogP contribution in [0.1, 0.15) is 53.7 Å². The lowest BCUT2D eigenvalue weighted by molar-refractivity contribution is -0.139. The monoisotopic (exact) mass is 702 g/mol.